The third-order valence-corrected chi connectivity index (χ3v) is 4.69. The van der Waals surface area contributed by atoms with Gasteiger partial charge in [-0.1, -0.05) is 46.0 Å². The summed E-state index contributed by atoms with van der Waals surface area (Å²) in [4.78, 5) is 2.61. The van der Waals surface area contributed by atoms with Crippen LogP contribution < -0.4 is 5.32 Å². The number of nitrogens with zero attached hydrogens (tertiary/aromatic N) is 1. The normalized spacial score (nSPS) is 22.6. The van der Waals surface area contributed by atoms with E-state index in [9.17, 15) is 0 Å². The summed E-state index contributed by atoms with van der Waals surface area (Å²) in [6.45, 7) is 12.0. The monoisotopic (exact) mass is 268 g/mol. The molecule has 1 fully saturated rings. The van der Waals surface area contributed by atoms with Crippen molar-refractivity contribution in [1.82, 2.24) is 10.2 Å². The van der Waals surface area contributed by atoms with Gasteiger partial charge in [0.25, 0.3) is 0 Å². The number of hydrogen-bond acceptors (Lipinski definition) is 2. The van der Waals surface area contributed by atoms with E-state index in [1.165, 1.54) is 77.5 Å². The predicted molar refractivity (Wildman–Crippen MR) is 85.7 cm³/mol. The molecule has 1 aliphatic heterocycles. The zero-order valence-corrected chi connectivity index (χ0v) is 13.6. The summed E-state index contributed by atoms with van der Waals surface area (Å²) in [5.41, 5.74) is 0. The lowest BCUT2D eigenvalue weighted by Gasteiger charge is -2.35. The van der Waals surface area contributed by atoms with Crippen LogP contribution in [0, 0.1) is 5.92 Å². The topological polar surface area (TPSA) is 15.3 Å². The SMILES string of the molecule is CCCCCCCCNC(C)C1CCCN(CC)C1. The molecule has 1 heterocycles. The van der Waals surface area contributed by atoms with Crippen LogP contribution >= 0.6 is 0 Å². The zero-order chi connectivity index (χ0) is 13.9. The molecule has 2 heteroatoms. The second-order valence-electron chi connectivity index (χ2n) is 6.31. The fourth-order valence-electron chi connectivity index (χ4n) is 3.19. The van der Waals surface area contributed by atoms with E-state index in [0.29, 0.717) is 6.04 Å². The largest absolute Gasteiger partial charge is 0.314 e. The van der Waals surface area contributed by atoms with Gasteiger partial charge in [-0.3, -0.25) is 0 Å². The van der Waals surface area contributed by atoms with Gasteiger partial charge in [-0.15, -0.1) is 0 Å². The van der Waals surface area contributed by atoms with Gasteiger partial charge in [-0.2, -0.15) is 0 Å². The molecular weight excluding hydrogens is 232 g/mol. The molecule has 2 atom stereocenters. The molecular formula is C17H36N2. The highest BCUT2D eigenvalue weighted by atomic mass is 15.1. The molecule has 1 saturated heterocycles. The summed E-state index contributed by atoms with van der Waals surface area (Å²) < 4.78 is 0. The van der Waals surface area contributed by atoms with Crippen molar-refractivity contribution in [3.63, 3.8) is 0 Å². The molecule has 1 N–H and O–H groups in total. The van der Waals surface area contributed by atoms with E-state index in [0.717, 1.165) is 5.92 Å². The highest BCUT2D eigenvalue weighted by Crippen LogP contribution is 2.19. The van der Waals surface area contributed by atoms with Gasteiger partial charge in [-0.05, 0) is 51.7 Å². The fraction of sp³-hybridized carbons (Fsp3) is 1.00. The molecule has 0 bridgehead atoms. The molecule has 2 nitrogen and oxygen atoms in total. The number of hydrogen-bond donors (Lipinski definition) is 1. The van der Waals surface area contributed by atoms with E-state index >= 15 is 0 Å². The average Bonchev–Trinajstić information content (AvgIpc) is 2.46. The van der Waals surface area contributed by atoms with Gasteiger partial charge in [0.2, 0.25) is 0 Å². The molecule has 0 aromatic carbocycles. The predicted octanol–water partition coefficient (Wildman–Crippen LogP) is 4.06. The summed E-state index contributed by atoms with van der Waals surface area (Å²) in [7, 11) is 0. The molecule has 1 aliphatic rings. The summed E-state index contributed by atoms with van der Waals surface area (Å²) in [6.07, 6.45) is 11.2. The molecule has 0 amide bonds. The lowest BCUT2D eigenvalue weighted by atomic mass is 9.91. The van der Waals surface area contributed by atoms with E-state index in [2.05, 4.69) is 31.0 Å². The van der Waals surface area contributed by atoms with E-state index in [4.69, 9.17) is 0 Å². The number of piperidine rings is 1. The van der Waals surface area contributed by atoms with E-state index < -0.39 is 0 Å². The highest BCUT2D eigenvalue weighted by molar-refractivity contribution is 4.79. The van der Waals surface area contributed by atoms with Crippen LogP contribution in [0.3, 0.4) is 0 Å². The first kappa shape index (κ1) is 17.0. The maximum atomic E-state index is 3.76. The molecule has 0 radical (unpaired) electrons. The number of unbranched alkanes of at least 4 members (excludes halogenated alkanes) is 5. The van der Waals surface area contributed by atoms with E-state index in [1.54, 1.807) is 0 Å². The Balaban J connectivity index is 2.02. The Bertz CT molecular complexity index is 205. The van der Waals surface area contributed by atoms with Crippen LogP contribution in [0.2, 0.25) is 0 Å². The fourth-order valence-corrected chi connectivity index (χ4v) is 3.19. The van der Waals surface area contributed by atoms with Crippen molar-refractivity contribution in [3.8, 4) is 0 Å². The average molecular weight is 268 g/mol. The van der Waals surface area contributed by atoms with Crippen molar-refractivity contribution in [3.05, 3.63) is 0 Å². The molecule has 114 valence electrons. The van der Waals surface area contributed by atoms with E-state index in [1.807, 2.05) is 0 Å². The smallest absolute Gasteiger partial charge is 0.00792 e. The number of nitrogens with one attached hydrogen (secondary N) is 1. The van der Waals surface area contributed by atoms with Crippen molar-refractivity contribution in [2.75, 3.05) is 26.2 Å². The summed E-state index contributed by atoms with van der Waals surface area (Å²) in [6, 6.07) is 0.699. The third-order valence-electron chi connectivity index (χ3n) is 4.69. The molecule has 2 unspecified atom stereocenters. The number of likely N-dealkylation sites (tertiary alicyclic amines) is 1. The van der Waals surface area contributed by atoms with Crippen molar-refractivity contribution < 1.29 is 0 Å². The Hall–Kier alpha value is -0.0800. The second kappa shape index (κ2) is 10.7. The van der Waals surface area contributed by atoms with Gasteiger partial charge in [0, 0.05) is 12.6 Å². The molecule has 1 rings (SSSR count). The van der Waals surface area contributed by atoms with Crippen LogP contribution in [-0.4, -0.2) is 37.1 Å². The standard InChI is InChI=1S/C17H36N2/c1-4-6-7-8-9-10-13-18-16(3)17-12-11-14-19(5-2)15-17/h16-18H,4-15H2,1-3H3. The Morgan fingerprint density at radius 1 is 1.11 bits per heavy atom. The van der Waals surface area contributed by atoms with Gasteiger partial charge in [0.05, 0.1) is 0 Å². The maximum Gasteiger partial charge on any atom is 0.00792 e. The quantitative estimate of drug-likeness (QED) is 0.601. The molecule has 0 saturated carbocycles. The zero-order valence-electron chi connectivity index (χ0n) is 13.6. The Morgan fingerprint density at radius 2 is 1.84 bits per heavy atom. The van der Waals surface area contributed by atoms with Crippen molar-refractivity contribution in [1.29, 1.82) is 0 Å². The summed E-state index contributed by atoms with van der Waals surface area (Å²) in [5, 5.41) is 3.76. The van der Waals surface area contributed by atoms with Crippen molar-refractivity contribution in [2.45, 2.75) is 78.2 Å². The van der Waals surface area contributed by atoms with Crippen LogP contribution in [0.5, 0.6) is 0 Å². The minimum Gasteiger partial charge on any atom is -0.314 e. The summed E-state index contributed by atoms with van der Waals surface area (Å²) in [5.74, 6) is 0.869. The van der Waals surface area contributed by atoms with Crippen LogP contribution in [0.1, 0.15) is 72.1 Å². The second-order valence-corrected chi connectivity index (χ2v) is 6.31. The first-order valence-corrected chi connectivity index (χ1v) is 8.73. The van der Waals surface area contributed by atoms with Crippen molar-refractivity contribution in [2.24, 2.45) is 5.92 Å². The Morgan fingerprint density at radius 3 is 2.58 bits per heavy atom. The Kier molecular flexibility index (Phi) is 9.54. The van der Waals surface area contributed by atoms with Gasteiger partial charge in [0.15, 0.2) is 0 Å². The lowest BCUT2D eigenvalue weighted by Crippen LogP contribution is -2.44. The summed E-state index contributed by atoms with van der Waals surface area (Å²) >= 11 is 0. The minimum absolute atomic E-state index is 0.699. The van der Waals surface area contributed by atoms with Gasteiger partial charge >= 0.3 is 0 Å². The number of rotatable bonds is 10. The van der Waals surface area contributed by atoms with Gasteiger partial charge in [-0.25, -0.2) is 0 Å². The highest BCUT2D eigenvalue weighted by Gasteiger charge is 2.23. The van der Waals surface area contributed by atoms with Gasteiger partial charge < -0.3 is 10.2 Å². The molecule has 0 spiro atoms. The van der Waals surface area contributed by atoms with Crippen LogP contribution in [0.15, 0.2) is 0 Å². The van der Waals surface area contributed by atoms with Crippen LogP contribution in [0.25, 0.3) is 0 Å². The molecule has 0 aromatic rings. The van der Waals surface area contributed by atoms with Crippen LogP contribution in [-0.2, 0) is 0 Å². The van der Waals surface area contributed by atoms with Crippen molar-refractivity contribution >= 4 is 0 Å². The first-order chi connectivity index (χ1) is 9.27. The molecule has 0 aromatic heterocycles. The van der Waals surface area contributed by atoms with Crippen LogP contribution in [0.4, 0.5) is 0 Å². The maximum absolute atomic E-state index is 3.76. The van der Waals surface area contributed by atoms with Gasteiger partial charge in [0.1, 0.15) is 0 Å². The molecule has 19 heavy (non-hydrogen) atoms. The lowest BCUT2D eigenvalue weighted by molar-refractivity contribution is 0.157. The first-order valence-electron chi connectivity index (χ1n) is 8.73. The molecule has 0 aliphatic carbocycles. The third kappa shape index (κ3) is 7.31. The Labute approximate surface area is 121 Å². The van der Waals surface area contributed by atoms with E-state index in [-0.39, 0.29) is 0 Å². The minimum atomic E-state index is 0.699.